The largest absolute Gasteiger partial charge is 0.462 e. The molecule has 0 radical (unpaired) electrons. The Hall–Kier alpha value is -1.88. The monoisotopic (exact) mass is 717 g/mol. The van der Waals surface area contributed by atoms with Gasteiger partial charge in [0.2, 0.25) is 0 Å². The standard InChI is InChI=1S/C46H84O5/c1-3-5-7-9-11-13-15-17-19-21-23-25-27-29-31-33-35-37-39-41-46(49)51-44(42-47)43-50-45(48)40-38-36-34-32-30-28-26-24-22-20-18-16-14-12-10-8-6-4-2/h11,13,17,19,23,25,44,47H,3-10,12,14-16,18,20-22,24,26-43H2,1-2H3/b13-11-,19-17-,25-23-/t44-/m0/s1. The van der Waals surface area contributed by atoms with Gasteiger partial charge < -0.3 is 14.6 Å². The van der Waals surface area contributed by atoms with Crippen molar-refractivity contribution in [3.8, 4) is 0 Å². The maximum absolute atomic E-state index is 12.2. The lowest BCUT2D eigenvalue weighted by molar-refractivity contribution is -0.161. The Morgan fingerprint density at radius 3 is 1.22 bits per heavy atom. The molecule has 0 aromatic rings. The molecular formula is C46H84O5. The fraction of sp³-hybridized carbons (Fsp3) is 0.826. The van der Waals surface area contributed by atoms with E-state index in [1.807, 2.05) is 0 Å². The molecule has 0 amide bonds. The highest BCUT2D eigenvalue weighted by Gasteiger charge is 2.16. The highest BCUT2D eigenvalue weighted by molar-refractivity contribution is 5.70. The number of esters is 2. The van der Waals surface area contributed by atoms with Crippen molar-refractivity contribution in [3.05, 3.63) is 36.5 Å². The third kappa shape index (κ3) is 40.7. The number of ether oxygens (including phenoxy) is 2. The van der Waals surface area contributed by atoms with Crippen LogP contribution in [0, 0.1) is 0 Å². The first-order valence-corrected chi connectivity index (χ1v) is 22.0. The fourth-order valence-corrected chi connectivity index (χ4v) is 6.33. The number of hydrogen-bond acceptors (Lipinski definition) is 5. The predicted molar refractivity (Wildman–Crippen MR) is 219 cm³/mol. The molecule has 0 aliphatic rings. The molecule has 0 aliphatic heterocycles. The van der Waals surface area contributed by atoms with Gasteiger partial charge in [-0.25, -0.2) is 0 Å². The van der Waals surface area contributed by atoms with Gasteiger partial charge >= 0.3 is 11.9 Å². The van der Waals surface area contributed by atoms with Gasteiger partial charge in [0.15, 0.2) is 6.10 Å². The summed E-state index contributed by atoms with van der Waals surface area (Å²) >= 11 is 0. The van der Waals surface area contributed by atoms with Crippen LogP contribution in [0.5, 0.6) is 0 Å². The van der Waals surface area contributed by atoms with Crippen LogP contribution in [0.3, 0.4) is 0 Å². The zero-order chi connectivity index (χ0) is 37.1. The van der Waals surface area contributed by atoms with Crippen LogP contribution in [0.1, 0.15) is 226 Å². The van der Waals surface area contributed by atoms with E-state index in [0.717, 1.165) is 57.8 Å². The molecule has 0 unspecified atom stereocenters. The van der Waals surface area contributed by atoms with Crippen molar-refractivity contribution in [2.45, 2.75) is 232 Å². The van der Waals surface area contributed by atoms with Gasteiger partial charge in [-0.15, -0.1) is 0 Å². The van der Waals surface area contributed by atoms with Gasteiger partial charge in [0.1, 0.15) is 6.61 Å². The maximum Gasteiger partial charge on any atom is 0.306 e. The van der Waals surface area contributed by atoms with Gasteiger partial charge in [-0.3, -0.25) is 9.59 Å². The van der Waals surface area contributed by atoms with E-state index in [4.69, 9.17) is 9.47 Å². The van der Waals surface area contributed by atoms with E-state index in [1.165, 1.54) is 141 Å². The number of aliphatic hydroxyl groups excluding tert-OH is 1. The van der Waals surface area contributed by atoms with Crippen LogP contribution in [-0.4, -0.2) is 36.4 Å². The first-order valence-electron chi connectivity index (χ1n) is 22.0. The number of allylic oxidation sites excluding steroid dienone is 6. The first-order chi connectivity index (χ1) is 25.1. The quantitative estimate of drug-likeness (QED) is 0.0388. The summed E-state index contributed by atoms with van der Waals surface area (Å²) in [6.07, 6.45) is 52.1. The summed E-state index contributed by atoms with van der Waals surface area (Å²) < 4.78 is 10.6. The zero-order valence-electron chi connectivity index (χ0n) is 33.9. The molecule has 5 heteroatoms. The molecule has 0 aliphatic carbocycles. The fourth-order valence-electron chi connectivity index (χ4n) is 6.33. The molecule has 0 aromatic heterocycles. The summed E-state index contributed by atoms with van der Waals surface area (Å²) in [5, 5.41) is 9.58. The number of unbranched alkanes of at least 4 members (excludes halogenated alkanes) is 26. The van der Waals surface area contributed by atoms with Gasteiger partial charge in [0.05, 0.1) is 6.61 Å². The lowest BCUT2D eigenvalue weighted by Crippen LogP contribution is -2.28. The highest BCUT2D eigenvalue weighted by Crippen LogP contribution is 2.15. The van der Waals surface area contributed by atoms with Crippen molar-refractivity contribution in [3.63, 3.8) is 0 Å². The molecule has 1 atom stereocenters. The minimum absolute atomic E-state index is 0.0681. The minimum Gasteiger partial charge on any atom is -0.462 e. The van der Waals surface area contributed by atoms with Crippen molar-refractivity contribution < 1.29 is 24.2 Å². The molecule has 0 saturated heterocycles. The molecule has 51 heavy (non-hydrogen) atoms. The maximum atomic E-state index is 12.2. The number of hydrogen-bond donors (Lipinski definition) is 1. The Balaban J connectivity index is 3.54. The summed E-state index contributed by atoms with van der Waals surface area (Å²) in [4.78, 5) is 24.3. The summed E-state index contributed by atoms with van der Waals surface area (Å²) in [6.45, 7) is 4.12. The van der Waals surface area contributed by atoms with Crippen LogP contribution in [-0.2, 0) is 19.1 Å². The number of aliphatic hydroxyl groups is 1. The number of carbonyl (C=O) groups excluding carboxylic acids is 2. The average molecular weight is 717 g/mol. The van der Waals surface area contributed by atoms with E-state index in [0.29, 0.717) is 12.8 Å². The lowest BCUT2D eigenvalue weighted by Gasteiger charge is -2.15. The Bertz CT molecular complexity index is 816. The van der Waals surface area contributed by atoms with Crippen LogP contribution in [0.4, 0.5) is 0 Å². The van der Waals surface area contributed by atoms with Crippen LogP contribution in [0.2, 0.25) is 0 Å². The SMILES string of the molecule is CCCCC/C=C\C/C=C\C/C=C\CCCCCCCCC(=O)O[C@@H](CO)COC(=O)CCCCCCCCCCCCCCCCCCCC. The van der Waals surface area contributed by atoms with Crippen LogP contribution in [0.15, 0.2) is 36.5 Å². The smallest absolute Gasteiger partial charge is 0.306 e. The zero-order valence-corrected chi connectivity index (χ0v) is 33.9. The molecule has 0 bridgehead atoms. The third-order valence-corrected chi connectivity index (χ3v) is 9.69. The molecule has 0 aromatic carbocycles. The normalized spacial score (nSPS) is 12.5. The van der Waals surface area contributed by atoms with E-state index in [1.54, 1.807) is 0 Å². The van der Waals surface area contributed by atoms with Crippen LogP contribution >= 0.6 is 0 Å². The Labute approximate surface area is 316 Å². The number of carbonyl (C=O) groups is 2. The van der Waals surface area contributed by atoms with E-state index >= 15 is 0 Å². The Kier molecular flexibility index (Phi) is 41.0. The molecule has 0 rings (SSSR count). The molecule has 0 fully saturated rings. The van der Waals surface area contributed by atoms with Gasteiger partial charge in [0, 0.05) is 12.8 Å². The van der Waals surface area contributed by atoms with Crippen molar-refractivity contribution >= 4 is 11.9 Å². The van der Waals surface area contributed by atoms with Gasteiger partial charge in [-0.1, -0.05) is 198 Å². The van der Waals surface area contributed by atoms with Gasteiger partial charge in [-0.2, -0.15) is 0 Å². The van der Waals surface area contributed by atoms with Crippen molar-refractivity contribution in [2.24, 2.45) is 0 Å². The van der Waals surface area contributed by atoms with Crippen LogP contribution in [0.25, 0.3) is 0 Å². The second-order valence-corrected chi connectivity index (χ2v) is 14.8. The Morgan fingerprint density at radius 1 is 0.451 bits per heavy atom. The highest BCUT2D eigenvalue weighted by atomic mass is 16.6. The molecule has 1 N–H and O–H groups in total. The molecule has 5 nitrogen and oxygen atoms in total. The van der Waals surface area contributed by atoms with Gasteiger partial charge in [-0.05, 0) is 51.4 Å². The molecule has 0 saturated carbocycles. The molecule has 298 valence electrons. The molecular weight excluding hydrogens is 633 g/mol. The summed E-state index contributed by atoms with van der Waals surface area (Å²) in [6, 6.07) is 0. The van der Waals surface area contributed by atoms with E-state index in [2.05, 4.69) is 50.3 Å². The predicted octanol–water partition coefficient (Wildman–Crippen LogP) is 14.0. The summed E-state index contributed by atoms with van der Waals surface area (Å²) in [5.74, 6) is -0.597. The van der Waals surface area contributed by atoms with Crippen molar-refractivity contribution in [1.29, 1.82) is 0 Å². The van der Waals surface area contributed by atoms with Gasteiger partial charge in [0.25, 0.3) is 0 Å². The molecule has 0 heterocycles. The first kappa shape index (κ1) is 49.1. The number of rotatable bonds is 40. The van der Waals surface area contributed by atoms with Crippen LogP contribution < -0.4 is 0 Å². The van der Waals surface area contributed by atoms with E-state index in [-0.39, 0.29) is 25.2 Å². The van der Waals surface area contributed by atoms with Crippen molar-refractivity contribution in [2.75, 3.05) is 13.2 Å². The second-order valence-electron chi connectivity index (χ2n) is 14.8. The average Bonchev–Trinajstić information content (AvgIpc) is 3.13. The summed E-state index contributed by atoms with van der Waals surface area (Å²) in [5.41, 5.74) is 0. The van der Waals surface area contributed by atoms with E-state index in [9.17, 15) is 14.7 Å². The molecule has 0 spiro atoms. The second kappa shape index (κ2) is 42.5. The Morgan fingerprint density at radius 2 is 0.784 bits per heavy atom. The van der Waals surface area contributed by atoms with E-state index < -0.39 is 6.10 Å². The lowest BCUT2D eigenvalue weighted by atomic mass is 10.0. The minimum atomic E-state index is -0.775. The van der Waals surface area contributed by atoms with Crippen molar-refractivity contribution in [1.82, 2.24) is 0 Å². The topological polar surface area (TPSA) is 72.8 Å². The summed E-state index contributed by atoms with van der Waals surface area (Å²) in [7, 11) is 0. The third-order valence-electron chi connectivity index (χ3n) is 9.69.